The van der Waals surface area contributed by atoms with E-state index >= 15 is 0 Å². The van der Waals surface area contributed by atoms with Gasteiger partial charge in [0.25, 0.3) is 15.9 Å². The third kappa shape index (κ3) is 4.02. The number of nitrogens with one attached hydrogen (secondary N) is 2. The molecule has 8 nitrogen and oxygen atoms in total. The third-order valence-corrected chi connectivity index (χ3v) is 6.37. The zero-order chi connectivity index (χ0) is 19.6. The summed E-state index contributed by atoms with van der Waals surface area (Å²) in [5.74, 6) is -0.487. The molecular formula is C17H18N4O4S2. The monoisotopic (exact) mass is 406 g/mol. The van der Waals surface area contributed by atoms with Gasteiger partial charge in [0.1, 0.15) is 9.77 Å². The molecule has 0 aliphatic carbocycles. The first kappa shape index (κ1) is 19.1. The lowest BCUT2D eigenvalue weighted by atomic mass is 10.2. The average molecular weight is 406 g/mol. The molecule has 0 spiro atoms. The molecule has 27 heavy (non-hydrogen) atoms. The summed E-state index contributed by atoms with van der Waals surface area (Å²) in [5, 5.41) is 7.95. The quantitative estimate of drug-likeness (QED) is 0.578. The number of hydrogen-bond acceptors (Lipinski definition) is 7. The van der Waals surface area contributed by atoms with E-state index < -0.39 is 15.9 Å². The van der Waals surface area contributed by atoms with Crippen molar-refractivity contribution in [3.8, 4) is 0 Å². The fourth-order valence-corrected chi connectivity index (χ4v) is 4.64. The van der Waals surface area contributed by atoms with Crippen LogP contribution >= 0.6 is 11.3 Å². The van der Waals surface area contributed by atoms with Gasteiger partial charge in [-0.2, -0.15) is 0 Å². The van der Waals surface area contributed by atoms with Gasteiger partial charge in [0, 0.05) is 17.8 Å². The van der Waals surface area contributed by atoms with Gasteiger partial charge >= 0.3 is 0 Å². The summed E-state index contributed by atoms with van der Waals surface area (Å²) in [6.45, 7) is 3.79. The highest BCUT2D eigenvalue weighted by atomic mass is 32.2. The maximum atomic E-state index is 12.7. The highest BCUT2D eigenvalue weighted by Gasteiger charge is 2.26. The highest BCUT2D eigenvalue weighted by molar-refractivity contribution is 7.93. The van der Waals surface area contributed by atoms with E-state index in [1.165, 1.54) is 6.07 Å². The molecule has 142 valence electrons. The standard InChI is InChI=1S/C17H18N4O4S2/c1-10-11(2)20-25-17(10)21-27(23,24)14-7-8-26-15(14)16(22)19-13-5-3-12(9-18)4-6-13/h3-8,21H,9,18H2,1-2H3,(H,19,22). The van der Waals surface area contributed by atoms with E-state index in [1.807, 2.05) is 0 Å². The number of sulfonamides is 1. The second-order valence-electron chi connectivity index (χ2n) is 5.80. The van der Waals surface area contributed by atoms with E-state index in [4.69, 9.17) is 10.3 Å². The SMILES string of the molecule is Cc1noc(NS(=O)(=O)c2ccsc2C(=O)Nc2ccc(CN)cc2)c1C. The van der Waals surface area contributed by atoms with E-state index in [0.717, 1.165) is 16.9 Å². The summed E-state index contributed by atoms with van der Waals surface area (Å²) >= 11 is 1.03. The lowest BCUT2D eigenvalue weighted by Crippen LogP contribution is -2.18. The largest absolute Gasteiger partial charge is 0.337 e. The average Bonchev–Trinajstić information content (AvgIpc) is 3.26. The van der Waals surface area contributed by atoms with Gasteiger partial charge < -0.3 is 15.6 Å². The summed E-state index contributed by atoms with van der Waals surface area (Å²) in [7, 11) is -4.01. The van der Waals surface area contributed by atoms with Gasteiger partial charge in [0.15, 0.2) is 0 Å². The normalized spacial score (nSPS) is 11.4. The Balaban J connectivity index is 1.83. The fourth-order valence-electron chi connectivity index (χ4n) is 2.27. The summed E-state index contributed by atoms with van der Waals surface area (Å²) in [6, 6.07) is 8.37. The minimum absolute atomic E-state index is 0.0300. The first-order valence-electron chi connectivity index (χ1n) is 7.95. The Morgan fingerprint density at radius 3 is 2.52 bits per heavy atom. The van der Waals surface area contributed by atoms with Gasteiger partial charge in [-0.3, -0.25) is 4.79 Å². The molecule has 0 saturated heterocycles. The molecule has 0 atom stereocenters. The lowest BCUT2D eigenvalue weighted by molar-refractivity contribution is 0.102. The van der Waals surface area contributed by atoms with E-state index in [9.17, 15) is 13.2 Å². The number of anilines is 2. The molecule has 2 heterocycles. The number of carbonyl (C=O) groups is 1. The highest BCUT2D eigenvalue weighted by Crippen LogP contribution is 2.27. The van der Waals surface area contributed by atoms with Crippen molar-refractivity contribution in [2.24, 2.45) is 5.73 Å². The van der Waals surface area contributed by atoms with Crippen LogP contribution in [0.25, 0.3) is 0 Å². The Kier molecular flexibility index (Phi) is 5.31. The molecule has 10 heteroatoms. The van der Waals surface area contributed by atoms with Crippen LogP contribution in [0.2, 0.25) is 0 Å². The number of nitrogens with two attached hydrogens (primary N) is 1. The van der Waals surface area contributed by atoms with E-state index in [-0.39, 0.29) is 15.7 Å². The second-order valence-corrected chi connectivity index (χ2v) is 8.36. The Hall–Kier alpha value is -2.69. The maximum Gasteiger partial charge on any atom is 0.267 e. The molecule has 1 aromatic carbocycles. The van der Waals surface area contributed by atoms with Crippen LogP contribution in [0, 0.1) is 13.8 Å². The predicted octanol–water partition coefficient (Wildman–Crippen LogP) is 2.86. The molecule has 0 aliphatic rings. The molecule has 2 aromatic heterocycles. The smallest absolute Gasteiger partial charge is 0.267 e. The molecule has 0 fully saturated rings. The third-order valence-electron chi connectivity index (χ3n) is 3.96. The van der Waals surface area contributed by atoms with Crippen molar-refractivity contribution in [1.29, 1.82) is 0 Å². The zero-order valence-electron chi connectivity index (χ0n) is 14.6. The number of rotatable bonds is 6. The molecule has 4 N–H and O–H groups in total. The van der Waals surface area contributed by atoms with Crippen LogP contribution in [0.5, 0.6) is 0 Å². The van der Waals surface area contributed by atoms with Crippen LogP contribution < -0.4 is 15.8 Å². The molecule has 0 saturated carbocycles. The van der Waals surface area contributed by atoms with Crippen molar-refractivity contribution in [3.63, 3.8) is 0 Å². The van der Waals surface area contributed by atoms with Gasteiger partial charge in [-0.15, -0.1) is 11.3 Å². The van der Waals surface area contributed by atoms with Crippen LogP contribution in [-0.2, 0) is 16.6 Å². The van der Waals surface area contributed by atoms with Crippen LogP contribution in [0.3, 0.4) is 0 Å². The van der Waals surface area contributed by atoms with Crippen LogP contribution in [-0.4, -0.2) is 19.5 Å². The summed E-state index contributed by atoms with van der Waals surface area (Å²) < 4.78 is 32.7. The van der Waals surface area contributed by atoms with E-state index in [1.54, 1.807) is 43.5 Å². The molecule has 0 radical (unpaired) electrons. The molecule has 0 bridgehead atoms. The Bertz CT molecular complexity index is 1070. The van der Waals surface area contributed by atoms with Gasteiger partial charge in [0.2, 0.25) is 5.88 Å². The van der Waals surface area contributed by atoms with Crippen molar-refractivity contribution in [2.45, 2.75) is 25.3 Å². The van der Waals surface area contributed by atoms with E-state index in [2.05, 4.69) is 15.2 Å². The number of amides is 1. The predicted molar refractivity (Wildman–Crippen MR) is 103 cm³/mol. The van der Waals surface area contributed by atoms with Crippen molar-refractivity contribution in [3.05, 3.63) is 57.4 Å². The first-order chi connectivity index (χ1) is 12.8. The van der Waals surface area contributed by atoms with Gasteiger partial charge in [-0.1, -0.05) is 17.3 Å². The van der Waals surface area contributed by atoms with E-state index in [0.29, 0.717) is 23.5 Å². The lowest BCUT2D eigenvalue weighted by Gasteiger charge is -2.08. The Labute approximate surface area is 160 Å². The number of nitrogens with zero attached hydrogens (tertiary/aromatic N) is 1. The van der Waals surface area contributed by atoms with Gasteiger partial charge in [-0.25, -0.2) is 13.1 Å². The Morgan fingerprint density at radius 1 is 1.22 bits per heavy atom. The maximum absolute atomic E-state index is 12.7. The van der Waals surface area contributed by atoms with Crippen molar-refractivity contribution in [1.82, 2.24) is 5.16 Å². The zero-order valence-corrected chi connectivity index (χ0v) is 16.3. The molecule has 3 rings (SSSR count). The van der Waals surface area contributed by atoms with Crippen molar-refractivity contribution < 1.29 is 17.7 Å². The molecule has 0 unspecified atom stereocenters. The Morgan fingerprint density at radius 2 is 1.93 bits per heavy atom. The topological polar surface area (TPSA) is 127 Å². The molecule has 0 aliphatic heterocycles. The van der Waals surface area contributed by atoms with Crippen LogP contribution in [0.15, 0.2) is 45.1 Å². The fraction of sp³-hybridized carbons (Fsp3) is 0.176. The number of aryl methyl sites for hydroxylation is 1. The minimum Gasteiger partial charge on any atom is -0.337 e. The van der Waals surface area contributed by atoms with Crippen LogP contribution in [0.4, 0.5) is 11.6 Å². The number of hydrogen-bond donors (Lipinski definition) is 3. The van der Waals surface area contributed by atoms with Crippen LogP contribution in [0.1, 0.15) is 26.5 Å². The molecule has 3 aromatic rings. The second kappa shape index (κ2) is 7.51. The summed E-state index contributed by atoms with van der Waals surface area (Å²) in [5.41, 5.74) is 8.18. The van der Waals surface area contributed by atoms with Gasteiger partial charge in [-0.05, 0) is 43.0 Å². The van der Waals surface area contributed by atoms with Gasteiger partial charge in [0.05, 0.1) is 5.69 Å². The number of benzene rings is 1. The number of carbonyl (C=O) groups excluding carboxylic acids is 1. The van der Waals surface area contributed by atoms with Crippen molar-refractivity contribution in [2.75, 3.05) is 10.0 Å². The summed E-state index contributed by atoms with van der Waals surface area (Å²) in [6.07, 6.45) is 0. The van der Waals surface area contributed by atoms with Crippen molar-refractivity contribution >= 4 is 38.8 Å². The number of aromatic nitrogens is 1. The first-order valence-corrected chi connectivity index (χ1v) is 10.3. The molecule has 1 amide bonds. The molecular weight excluding hydrogens is 388 g/mol. The minimum atomic E-state index is -4.01. The summed E-state index contributed by atoms with van der Waals surface area (Å²) in [4.78, 5) is 12.5. The number of thiophene rings is 1.